The molecule has 0 aliphatic heterocycles. The monoisotopic (exact) mass is 275 g/mol. The van der Waals surface area contributed by atoms with Gasteiger partial charge >= 0.3 is 0 Å². The SMILES string of the molecule is C=CCSc1ccccc1NC1CCCC(CC)C1. The van der Waals surface area contributed by atoms with E-state index in [4.69, 9.17) is 0 Å². The molecule has 1 aromatic carbocycles. The summed E-state index contributed by atoms with van der Waals surface area (Å²) in [5, 5.41) is 3.77. The minimum Gasteiger partial charge on any atom is -0.381 e. The molecular formula is C17H25NS. The largest absolute Gasteiger partial charge is 0.381 e. The van der Waals surface area contributed by atoms with Crippen molar-refractivity contribution in [2.75, 3.05) is 11.1 Å². The van der Waals surface area contributed by atoms with E-state index < -0.39 is 0 Å². The van der Waals surface area contributed by atoms with Crippen LogP contribution in [0.3, 0.4) is 0 Å². The van der Waals surface area contributed by atoms with Gasteiger partial charge < -0.3 is 5.32 Å². The van der Waals surface area contributed by atoms with Crippen molar-refractivity contribution in [1.29, 1.82) is 0 Å². The van der Waals surface area contributed by atoms with Gasteiger partial charge in [0, 0.05) is 22.4 Å². The molecule has 1 aliphatic carbocycles. The van der Waals surface area contributed by atoms with Crippen LogP contribution in [0.1, 0.15) is 39.0 Å². The van der Waals surface area contributed by atoms with Gasteiger partial charge in [-0.25, -0.2) is 0 Å². The fraction of sp³-hybridized carbons (Fsp3) is 0.529. The predicted molar refractivity (Wildman–Crippen MR) is 87.0 cm³/mol. The Morgan fingerprint density at radius 3 is 3.00 bits per heavy atom. The summed E-state index contributed by atoms with van der Waals surface area (Å²) < 4.78 is 0. The zero-order valence-electron chi connectivity index (χ0n) is 11.9. The Kier molecular flexibility index (Phi) is 5.84. The lowest BCUT2D eigenvalue weighted by Crippen LogP contribution is -2.27. The van der Waals surface area contributed by atoms with E-state index in [-0.39, 0.29) is 0 Å². The second-order valence-corrected chi connectivity index (χ2v) is 6.44. The number of para-hydroxylation sites is 1. The molecule has 19 heavy (non-hydrogen) atoms. The maximum Gasteiger partial charge on any atom is 0.0480 e. The van der Waals surface area contributed by atoms with Gasteiger partial charge in [0.2, 0.25) is 0 Å². The lowest BCUT2D eigenvalue weighted by Gasteiger charge is -2.30. The molecule has 104 valence electrons. The van der Waals surface area contributed by atoms with Crippen molar-refractivity contribution in [1.82, 2.24) is 0 Å². The molecule has 0 saturated heterocycles. The predicted octanol–water partition coefficient (Wildman–Crippen LogP) is 5.35. The topological polar surface area (TPSA) is 12.0 Å². The summed E-state index contributed by atoms with van der Waals surface area (Å²) >= 11 is 1.86. The average molecular weight is 275 g/mol. The van der Waals surface area contributed by atoms with Crippen molar-refractivity contribution >= 4 is 17.4 Å². The molecule has 2 rings (SSSR count). The molecule has 2 unspecified atom stereocenters. The molecule has 1 aromatic rings. The van der Waals surface area contributed by atoms with Gasteiger partial charge in [0.05, 0.1) is 0 Å². The van der Waals surface area contributed by atoms with Gasteiger partial charge in [-0.15, -0.1) is 18.3 Å². The Morgan fingerprint density at radius 2 is 2.21 bits per heavy atom. The molecule has 0 amide bonds. The average Bonchev–Trinajstić information content (AvgIpc) is 2.46. The Balaban J connectivity index is 1.99. The molecule has 2 heteroatoms. The number of hydrogen-bond donors (Lipinski definition) is 1. The van der Waals surface area contributed by atoms with E-state index >= 15 is 0 Å². The lowest BCUT2D eigenvalue weighted by molar-refractivity contribution is 0.327. The number of anilines is 1. The summed E-state index contributed by atoms with van der Waals surface area (Å²) in [6, 6.07) is 9.31. The molecule has 1 aliphatic rings. The summed E-state index contributed by atoms with van der Waals surface area (Å²) in [7, 11) is 0. The summed E-state index contributed by atoms with van der Waals surface area (Å²) in [5.74, 6) is 1.89. The van der Waals surface area contributed by atoms with Gasteiger partial charge in [0.25, 0.3) is 0 Å². The quantitative estimate of drug-likeness (QED) is 0.555. The number of benzene rings is 1. The van der Waals surface area contributed by atoms with Gasteiger partial charge in [-0.3, -0.25) is 0 Å². The van der Waals surface area contributed by atoms with Gasteiger partial charge in [-0.2, -0.15) is 0 Å². The van der Waals surface area contributed by atoms with E-state index in [1.807, 2.05) is 17.8 Å². The van der Waals surface area contributed by atoms with Crippen LogP contribution in [0.5, 0.6) is 0 Å². The van der Waals surface area contributed by atoms with Crippen LogP contribution in [0, 0.1) is 5.92 Å². The zero-order chi connectivity index (χ0) is 13.5. The first kappa shape index (κ1) is 14.5. The fourth-order valence-electron chi connectivity index (χ4n) is 2.87. The first-order valence-electron chi connectivity index (χ1n) is 7.42. The van der Waals surface area contributed by atoms with E-state index in [1.165, 1.54) is 42.7 Å². The molecular weight excluding hydrogens is 250 g/mol. The van der Waals surface area contributed by atoms with E-state index in [1.54, 1.807) is 0 Å². The van der Waals surface area contributed by atoms with Crippen molar-refractivity contribution in [2.24, 2.45) is 5.92 Å². The second kappa shape index (κ2) is 7.64. The van der Waals surface area contributed by atoms with Crippen LogP contribution in [-0.4, -0.2) is 11.8 Å². The van der Waals surface area contributed by atoms with E-state index in [0.717, 1.165) is 11.7 Å². The van der Waals surface area contributed by atoms with Gasteiger partial charge in [0.1, 0.15) is 0 Å². The summed E-state index contributed by atoms with van der Waals surface area (Å²) in [6.45, 7) is 6.12. The Hall–Kier alpha value is -0.890. The molecule has 1 nitrogen and oxygen atoms in total. The number of thioether (sulfide) groups is 1. The van der Waals surface area contributed by atoms with Crippen molar-refractivity contribution in [3.63, 3.8) is 0 Å². The van der Waals surface area contributed by atoms with Crippen molar-refractivity contribution in [2.45, 2.75) is 50.0 Å². The summed E-state index contributed by atoms with van der Waals surface area (Å²) in [6.07, 6.45) is 8.73. The standard InChI is InChI=1S/C17H25NS/c1-3-12-19-17-11-6-5-10-16(17)18-15-9-7-8-14(4-2)13-15/h3,5-6,10-11,14-15,18H,1,4,7-9,12-13H2,2H3. The Morgan fingerprint density at radius 1 is 1.37 bits per heavy atom. The van der Waals surface area contributed by atoms with Crippen molar-refractivity contribution < 1.29 is 0 Å². The van der Waals surface area contributed by atoms with Crippen LogP contribution in [0.25, 0.3) is 0 Å². The molecule has 0 spiro atoms. The Labute approximate surface area is 121 Å². The van der Waals surface area contributed by atoms with Crippen molar-refractivity contribution in [3.05, 3.63) is 36.9 Å². The van der Waals surface area contributed by atoms with Gasteiger partial charge in [-0.05, 0) is 30.9 Å². The lowest BCUT2D eigenvalue weighted by atomic mass is 9.84. The minimum absolute atomic E-state index is 0.657. The molecule has 0 aromatic heterocycles. The highest BCUT2D eigenvalue weighted by molar-refractivity contribution is 7.99. The molecule has 0 heterocycles. The van der Waals surface area contributed by atoms with Crippen LogP contribution < -0.4 is 5.32 Å². The van der Waals surface area contributed by atoms with Crippen LogP contribution in [0.4, 0.5) is 5.69 Å². The maximum absolute atomic E-state index is 3.80. The summed E-state index contributed by atoms with van der Waals surface area (Å²) in [4.78, 5) is 1.35. The zero-order valence-corrected chi connectivity index (χ0v) is 12.7. The van der Waals surface area contributed by atoms with Crippen LogP contribution in [0.15, 0.2) is 41.8 Å². The minimum atomic E-state index is 0.657. The fourth-order valence-corrected chi connectivity index (χ4v) is 3.63. The first-order valence-corrected chi connectivity index (χ1v) is 8.41. The number of hydrogen-bond acceptors (Lipinski definition) is 2. The molecule has 2 atom stereocenters. The van der Waals surface area contributed by atoms with Crippen LogP contribution >= 0.6 is 11.8 Å². The third kappa shape index (κ3) is 4.31. The highest BCUT2D eigenvalue weighted by atomic mass is 32.2. The highest BCUT2D eigenvalue weighted by Gasteiger charge is 2.21. The van der Waals surface area contributed by atoms with Gasteiger partial charge in [0.15, 0.2) is 0 Å². The van der Waals surface area contributed by atoms with Crippen molar-refractivity contribution in [3.8, 4) is 0 Å². The van der Waals surface area contributed by atoms with E-state index in [9.17, 15) is 0 Å². The number of rotatable bonds is 6. The smallest absolute Gasteiger partial charge is 0.0480 e. The van der Waals surface area contributed by atoms with E-state index in [2.05, 4.69) is 43.1 Å². The van der Waals surface area contributed by atoms with Crippen LogP contribution in [0.2, 0.25) is 0 Å². The third-order valence-corrected chi connectivity index (χ3v) is 5.03. The molecule has 0 bridgehead atoms. The van der Waals surface area contributed by atoms with Crippen LogP contribution in [-0.2, 0) is 0 Å². The summed E-state index contributed by atoms with van der Waals surface area (Å²) in [5.41, 5.74) is 1.30. The molecule has 0 radical (unpaired) electrons. The maximum atomic E-state index is 3.80. The third-order valence-electron chi connectivity index (χ3n) is 3.96. The second-order valence-electron chi connectivity index (χ2n) is 5.38. The molecule has 1 N–H and O–H groups in total. The molecule has 1 fully saturated rings. The highest BCUT2D eigenvalue weighted by Crippen LogP contribution is 2.32. The normalized spacial score (nSPS) is 23.0. The first-order chi connectivity index (χ1) is 9.33. The Bertz CT molecular complexity index is 402. The van der Waals surface area contributed by atoms with E-state index in [0.29, 0.717) is 6.04 Å². The van der Waals surface area contributed by atoms with Gasteiger partial charge in [-0.1, -0.05) is 44.4 Å². The molecule has 1 saturated carbocycles. The number of nitrogens with one attached hydrogen (secondary N) is 1.